The molecule has 1 N–H and O–H groups in total. The van der Waals surface area contributed by atoms with Gasteiger partial charge in [-0.3, -0.25) is 0 Å². The predicted molar refractivity (Wildman–Crippen MR) is 74.2 cm³/mol. The van der Waals surface area contributed by atoms with Gasteiger partial charge in [-0.15, -0.1) is 0 Å². The lowest BCUT2D eigenvalue weighted by Gasteiger charge is -2.37. The van der Waals surface area contributed by atoms with Crippen LogP contribution in [0.5, 0.6) is 0 Å². The van der Waals surface area contributed by atoms with Crippen LogP contribution < -0.4 is 5.32 Å². The molecule has 1 fully saturated rings. The van der Waals surface area contributed by atoms with Gasteiger partial charge in [0.15, 0.2) is 0 Å². The van der Waals surface area contributed by atoms with Crippen molar-refractivity contribution >= 4 is 0 Å². The minimum atomic E-state index is 0.486. The fourth-order valence-electron chi connectivity index (χ4n) is 2.91. The molecule has 1 saturated carbocycles. The molecule has 1 aliphatic carbocycles. The molecule has 0 heterocycles. The summed E-state index contributed by atoms with van der Waals surface area (Å²) in [6.07, 6.45) is 5.62. The van der Waals surface area contributed by atoms with E-state index < -0.39 is 0 Å². The van der Waals surface area contributed by atoms with E-state index in [1.54, 1.807) is 7.11 Å². The van der Waals surface area contributed by atoms with Crippen molar-refractivity contribution in [2.75, 3.05) is 20.3 Å². The maximum Gasteiger partial charge on any atom is 0.0613 e. The summed E-state index contributed by atoms with van der Waals surface area (Å²) in [6.45, 7) is 11.3. The van der Waals surface area contributed by atoms with E-state index in [9.17, 15) is 0 Å². The molecular formula is C15H31NO. The third kappa shape index (κ3) is 5.39. The molecule has 0 spiro atoms. The van der Waals surface area contributed by atoms with Gasteiger partial charge in [-0.25, -0.2) is 0 Å². The Morgan fingerprint density at radius 3 is 2.24 bits per heavy atom. The van der Waals surface area contributed by atoms with Crippen molar-refractivity contribution in [3.8, 4) is 0 Å². The predicted octanol–water partition coefficient (Wildman–Crippen LogP) is 3.46. The van der Waals surface area contributed by atoms with Crippen molar-refractivity contribution in [3.63, 3.8) is 0 Å². The molecule has 17 heavy (non-hydrogen) atoms. The summed E-state index contributed by atoms with van der Waals surface area (Å²) >= 11 is 0. The molecule has 1 atom stereocenters. The van der Waals surface area contributed by atoms with Gasteiger partial charge in [0.2, 0.25) is 0 Å². The first-order valence-corrected chi connectivity index (χ1v) is 7.15. The average Bonchev–Trinajstić information content (AvgIpc) is 2.26. The van der Waals surface area contributed by atoms with Crippen LogP contribution in [0.3, 0.4) is 0 Å². The lowest BCUT2D eigenvalue weighted by Crippen LogP contribution is -2.36. The second-order valence-electron chi connectivity index (χ2n) is 6.85. The number of methoxy groups -OCH3 is 1. The first kappa shape index (κ1) is 15.0. The van der Waals surface area contributed by atoms with Crippen LogP contribution in [0.25, 0.3) is 0 Å². The zero-order valence-electron chi connectivity index (χ0n) is 12.4. The van der Waals surface area contributed by atoms with E-state index in [2.05, 4.69) is 33.0 Å². The topological polar surface area (TPSA) is 21.3 Å². The SMILES string of the molecule is COCC(C)NCC1CCC(C(C)(C)C)CC1. The largest absolute Gasteiger partial charge is 0.383 e. The van der Waals surface area contributed by atoms with Crippen LogP contribution in [-0.4, -0.2) is 26.3 Å². The van der Waals surface area contributed by atoms with Crippen molar-refractivity contribution < 1.29 is 4.74 Å². The monoisotopic (exact) mass is 241 g/mol. The minimum Gasteiger partial charge on any atom is -0.383 e. The van der Waals surface area contributed by atoms with Crippen LogP contribution in [0.4, 0.5) is 0 Å². The zero-order chi connectivity index (χ0) is 12.9. The van der Waals surface area contributed by atoms with E-state index in [1.165, 1.54) is 32.2 Å². The summed E-state index contributed by atoms with van der Waals surface area (Å²) in [5.41, 5.74) is 0.502. The lowest BCUT2D eigenvalue weighted by molar-refractivity contribution is 0.139. The Kier molecular flexibility index (Phi) is 5.94. The third-order valence-electron chi connectivity index (χ3n) is 4.24. The summed E-state index contributed by atoms with van der Waals surface area (Å²) < 4.78 is 5.14. The second kappa shape index (κ2) is 6.75. The average molecular weight is 241 g/mol. The molecule has 2 nitrogen and oxygen atoms in total. The van der Waals surface area contributed by atoms with Gasteiger partial charge in [-0.05, 0) is 56.4 Å². The maximum atomic E-state index is 5.14. The fraction of sp³-hybridized carbons (Fsp3) is 1.00. The second-order valence-corrected chi connectivity index (χ2v) is 6.85. The molecule has 1 unspecified atom stereocenters. The van der Waals surface area contributed by atoms with E-state index in [0.717, 1.165) is 18.4 Å². The van der Waals surface area contributed by atoms with Gasteiger partial charge < -0.3 is 10.1 Å². The van der Waals surface area contributed by atoms with E-state index >= 15 is 0 Å². The maximum absolute atomic E-state index is 5.14. The number of hydrogen-bond acceptors (Lipinski definition) is 2. The zero-order valence-corrected chi connectivity index (χ0v) is 12.4. The number of ether oxygens (including phenoxy) is 1. The smallest absolute Gasteiger partial charge is 0.0613 e. The standard InChI is InChI=1S/C15H31NO/c1-12(11-17-5)16-10-13-6-8-14(9-7-13)15(2,3)4/h12-14,16H,6-11H2,1-5H3. The summed E-state index contributed by atoms with van der Waals surface area (Å²) in [5.74, 6) is 1.81. The minimum absolute atomic E-state index is 0.486. The normalized spacial score (nSPS) is 28.1. The first-order chi connectivity index (χ1) is 7.93. The van der Waals surface area contributed by atoms with Crippen LogP contribution in [0.2, 0.25) is 0 Å². The Morgan fingerprint density at radius 2 is 1.76 bits per heavy atom. The Bertz CT molecular complexity index is 201. The molecule has 2 heteroatoms. The van der Waals surface area contributed by atoms with E-state index in [4.69, 9.17) is 4.74 Å². The first-order valence-electron chi connectivity index (χ1n) is 7.15. The van der Waals surface area contributed by atoms with Gasteiger partial charge in [0, 0.05) is 13.2 Å². The van der Waals surface area contributed by atoms with Crippen LogP contribution >= 0.6 is 0 Å². The Labute approximate surface area is 108 Å². The molecular weight excluding hydrogens is 210 g/mol. The molecule has 0 aromatic heterocycles. The van der Waals surface area contributed by atoms with Crippen molar-refractivity contribution in [3.05, 3.63) is 0 Å². The molecule has 0 radical (unpaired) electrons. The molecule has 0 amide bonds. The summed E-state index contributed by atoms with van der Waals surface area (Å²) in [7, 11) is 1.77. The highest BCUT2D eigenvalue weighted by Crippen LogP contribution is 2.39. The van der Waals surface area contributed by atoms with Crippen LogP contribution in [0, 0.1) is 17.3 Å². The number of nitrogens with one attached hydrogen (secondary N) is 1. The van der Waals surface area contributed by atoms with Crippen molar-refractivity contribution in [1.29, 1.82) is 0 Å². The van der Waals surface area contributed by atoms with Gasteiger partial charge in [0.1, 0.15) is 0 Å². The van der Waals surface area contributed by atoms with Gasteiger partial charge in [0.25, 0.3) is 0 Å². The highest BCUT2D eigenvalue weighted by atomic mass is 16.5. The molecule has 102 valence electrons. The van der Waals surface area contributed by atoms with E-state index in [0.29, 0.717) is 11.5 Å². The molecule has 0 aromatic rings. The highest BCUT2D eigenvalue weighted by molar-refractivity contribution is 4.81. The Balaban J connectivity index is 2.19. The van der Waals surface area contributed by atoms with Crippen molar-refractivity contribution in [2.24, 2.45) is 17.3 Å². The third-order valence-corrected chi connectivity index (χ3v) is 4.24. The van der Waals surface area contributed by atoms with Gasteiger partial charge in [-0.2, -0.15) is 0 Å². The fourth-order valence-corrected chi connectivity index (χ4v) is 2.91. The van der Waals surface area contributed by atoms with E-state index in [-0.39, 0.29) is 0 Å². The molecule has 1 rings (SSSR count). The molecule has 0 aliphatic heterocycles. The number of hydrogen-bond donors (Lipinski definition) is 1. The van der Waals surface area contributed by atoms with Crippen molar-refractivity contribution in [1.82, 2.24) is 5.32 Å². The van der Waals surface area contributed by atoms with Crippen LogP contribution in [-0.2, 0) is 4.74 Å². The Hall–Kier alpha value is -0.0800. The lowest BCUT2D eigenvalue weighted by atomic mass is 9.70. The molecule has 0 bridgehead atoms. The quantitative estimate of drug-likeness (QED) is 0.796. The summed E-state index contributed by atoms with van der Waals surface area (Å²) in [5, 5.41) is 3.58. The highest BCUT2D eigenvalue weighted by Gasteiger charge is 2.29. The van der Waals surface area contributed by atoms with Gasteiger partial charge in [0.05, 0.1) is 6.61 Å². The summed E-state index contributed by atoms with van der Waals surface area (Å²) in [6, 6.07) is 0.486. The van der Waals surface area contributed by atoms with Crippen LogP contribution in [0.1, 0.15) is 53.4 Å². The number of rotatable bonds is 5. The Morgan fingerprint density at radius 1 is 1.18 bits per heavy atom. The van der Waals surface area contributed by atoms with E-state index in [1.807, 2.05) is 0 Å². The summed E-state index contributed by atoms with van der Waals surface area (Å²) in [4.78, 5) is 0. The van der Waals surface area contributed by atoms with Gasteiger partial charge >= 0.3 is 0 Å². The molecule has 1 aliphatic rings. The van der Waals surface area contributed by atoms with Gasteiger partial charge in [-0.1, -0.05) is 20.8 Å². The van der Waals surface area contributed by atoms with Crippen LogP contribution in [0.15, 0.2) is 0 Å². The molecule has 0 aromatic carbocycles. The van der Waals surface area contributed by atoms with Crippen molar-refractivity contribution in [2.45, 2.75) is 59.4 Å². The molecule has 0 saturated heterocycles.